The average molecular weight is 387 g/mol. The van der Waals surface area contributed by atoms with Crippen LogP contribution in [0.1, 0.15) is 0 Å². The number of hydrogen-bond acceptors (Lipinski definition) is 3. The summed E-state index contributed by atoms with van der Waals surface area (Å²) in [5.74, 6) is 0.851. The molecule has 0 spiro atoms. The molecule has 29 heavy (non-hydrogen) atoms. The molecule has 5 heteroatoms. The number of methoxy groups -OCH3 is 1. The summed E-state index contributed by atoms with van der Waals surface area (Å²) in [5, 5.41) is 0. The molecule has 1 aliphatic rings. The summed E-state index contributed by atoms with van der Waals surface area (Å²) in [6.45, 7) is 2.97. The molecule has 4 rings (SSSR count). The van der Waals surface area contributed by atoms with Gasteiger partial charge in [-0.1, -0.05) is 36.4 Å². The van der Waals surface area contributed by atoms with E-state index in [2.05, 4.69) is 17.0 Å². The van der Waals surface area contributed by atoms with Crippen LogP contribution in [0.2, 0.25) is 0 Å². The van der Waals surface area contributed by atoms with E-state index < -0.39 is 0 Å². The smallest absolute Gasteiger partial charge is 0.329 e. The van der Waals surface area contributed by atoms with Crippen LogP contribution in [-0.4, -0.2) is 44.2 Å². The lowest BCUT2D eigenvalue weighted by Crippen LogP contribution is -2.52. The van der Waals surface area contributed by atoms with Gasteiger partial charge in [0.05, 0.1) is 18.5 Å². The Balaban J connectivity index is 1.49. The summed E-state index contributed by atoms with van der Waals surface area (Å²) < 4.78 is 5.24. The average Bonchev–Trinajstić information content (AvgIpc) is 2.81. The molecule has 3 aromatic carbocycles. The van der Waals surface area contributed by atoms with Crippen LogP contribution in [0.3, 0.4) is 0 Å². The van der Waals surface area contributed by atoms with Crippen LogP contribution in [0, 0.1) is 0 Å². The molecule has 0 bridgehead atoms. The Hall–Kier alpha value is -3.47. The number of ether oxygens (including phenoxy) is 1. The first-order chi connectivity index (χ1) is 14.3. The topological polar surface area (TPSA) is 36.0 Å². The molecule has 0 atom stereocenters. The SMILES string of the molecule is COc1ccc(N2CCN(C(=O)N(c3ccccc3)c3ccccc3)CC2)cc1. The highest BCUT2D eigenvalue weighted by atomic mass is 16.5. The molecule has 1 heterocycles. The Morgan fingerprint density at radius 2 is 1.28 bits per heavy atom. The van der Waals surface area contributed by atoms with Gasteiger partial charge in [0, 0.05) is 31.9 Å². The van der Waals surface area contributed by atoms with Crippen LogP contribution < -0.4 is 14.5 Å². The lowest BCUT2D eigenvalue weighted by atomic mass is 10.2. The number of carbonyl (C=O) groups is 1. The first kappa shape index (κ1) is 18.9. The fraction of sp³-hybridized carbons (Fsp3) is 0.208. The van der Waals surface area contributed by atoms with Gasteiger partial charge in [0.15, 0.2) is 0 Å². The van der Waals surface area contributed by atoms with Gasteiger partial charge in [-0.25, -0.2) is 4.79 Å². The number of anilines is 3. The molecule has 1 aliphatic heterocycles. The minimum Gasteiger partial charge on any atom is -0.497 e. The van der Waals surface area contributed by atoms with Crippen molar-refractivity contribution in [2.45, 2.75) is 0 Å². The second-order valence-corrected chi connectivity index (χ2v) is 6.96. The standard InChI is InChI=1S/C24H25N3O2/c1-29-23-14-12-20(13-15-23)25-16-18-26(19-17-25)24(28)27(21-8-4-2-5-9-21)22-10-6-3-7-11-22/h2-15H,16-19H2,1H3. The van der Waals surface area contributed by atoms with Gasteiger partial charge in [-0.3, -0.25) is 4.90 Å². The van der Waals surface area contributed by atoms with Crippen molar-refractivity contribution in [1.82, 2.24) is 4.90 Å². The minimum absolute atomic E-state index is 0.0109. The number of benzene rings is 3. The van der Waals surface area contributed by atoms with E-state index in [9.17, 15) is 4.79 Å². The van der Waals surface area contributed by atoms with E-state index >= 15 is 0 Å². The zero-order chi connectivity index (χ0) is 20.1. The van der Waals surface area contributed by atoms with Crippen LogP contribution in [0.15, 0.2) is 84.9 Å². The normalized spacial score (nSPS) is 13.8. The highest BCUT2D eigenvalue weighted by Gasteiger charge is 2.27. The highest BCUT2D eigenvalue weighted by Crippen LogP contribution is 2.27. The molecular weight excluding hydrogens is 362 g/mol. The van der Waals surface area contributed by atoms with Crippen molar-refractivity contribution >= 4 is 23.1 Å². The van der Waals surface area contributed by atoms with Gasteiger partial charge in [-0.2, -0.15) is 0 Å². The third-order valence-electron chi connectivity index (χ3n) is 5.21. The molecule has 0 aliphatic carbocycles. The van der Waals surface area contributed by atoms with Crippen molar-refractivity contribution in [3.8, 4) is 5.75 Å². The molecule has 0 radical (unpaired) electrons. The number of urea groups is 1. The molecule has 1 fully saturated rings. The lowest BCUT2D eigenvalue weighted by molar-refractivity contribution is 0.203. The zero-order valence-electron chi connectivity index (χ0n) is 16.6. The van der Waals surface area contributed by atoms with Crippen LogP contribution in [-0.2, 0) is 0 Å². The molecular formula is C24H25N3O2. The number of para-hydroxylation sites is 2. The van der Waals surface area contributed by atoms with E-state index in [4.69, 9.17) is 4.74 Å². The fourth-order valence-electron chi connectivity index (χ4n) is 3.61. The molecule has 1 saturated heterocycles. The predicted molar refractivity (Wildman–Crippen MR) is 117 cm³/mol. The second-order valence-electron chi connectivity index (χ2n) is 6.96. The van der Waals surface area contributed by atoms with E-state index in [0.29, 0.717) is 13.1 Å². The van der Waals surface area contributed by atoms with Crippen molar-refractivity contribution in [3.05, 3.63) is 84.9 Å². The van der Waals surface area contributed by atoms with Crippen LogP contribution in [0.25, 0.3) is 0 Å². The number of piperazine rings is 1. The van der Waals surface area contributed by atoms with Crippen molar-refractivity contribution < 1.29 is 9.53 Å². The van der Waals surface area contributed by atoms with Gasteiger partial charge >= 0.3 is 6.03 Å². The second kappa shape index (κ2) is 8.69. The maximum absolute atomic E-state index is 13.4. The van der Waals surface area contributed by atoms with Gasteiger partial charge in [-0.05, 0) is 48.5 Å². The zero-order valence-corrected chi connectivity index (χ0v) is 16.6. The van der Waals surface area contributed by atoms with Crippen molar-refractivity contribution in [3.63, 3.8) is 0 Å². The summed E-state index contributed by atoms with van der Waals surface area (Å²) in [5.41, 5.74) is 2.91. The van der Waals surface area contributed by atoms with Gasteiger partial charge in [0.2, 0.25) is 0 Å². The maximum Gasteiger partial charge on any atom is 0.329 e. The third kappa shape index (κ3) is 4.19. The highest BCUT2D eigenvalue weighted by molar-refractivity contribution is 5.99. The largest absolute Gasteiger partial charge is 0.497 e. The first-order valence-electron chi connectivity index (χ1n) is 9.84. The molecule has 2 amide bonds. The number of hydrogen-bond donors (Lipinski definition) is 0. The fourth-order valence-corrected chi connectivity index (χ4v) is 3.61. The van der Waals surface area contributed by atoms with E-state index in [1.54, 1.807) is 12.0 Å². The van der Waals surface area contributed by atoms with E-state index in [0.717, 1.165) is 35.9 Å². The van der Waals surface area contributed by atoms with Crippen molar-refractivity contribution in [2.75, 3.05) is 43.1 Å². The van der Waals surface area contributed by atoms with Crippen LogP contribution in [0.5, 0.6) is 5.75 Å². The summed E-state index contributed by atoms with van der Waals surface area (Å²) in [4.78, 5) is 19.5. The quantitative estimate of drug-likeness (QED) is 0.647. The summed E-state index contributed by atoms with van der Waals surface area (Å²) in [7, 11) is 1.67. The summed E-state index contributed by atoms with van der Waals surface area (Å²) in [6, 6.07) is 27.7. The van der Waals surface area contributed by atoms with Gasteiger partial charge in [0.25, 0.3) is 0 Å². The number of carbonyl (C=O) groups excluding carboxylic acids is 1. The molecule has 0 unspecified atom stereocenters. The van der Waals surface area contributed by atoms with Gasteiger partial charge in [0.1, 0.15) is 5.75 Å². The van der Waals surface area contributed by atoms with Crippen LogP contribution in [0.4, 0.5) is 21.9 Å². The molecule has 0 saturated carbocycles. The number of nitrogens with zero attached hydrogens (tertiary/aromatic N) is 3. The van der Waals surface area contributed by atoms with E-state index in [-0.39, 0.29) is 6.03 Å². The molecule has 148 valence electrons. The Morgan fingerprint density at radius 1 is 0.759 bits per heavy atom. The number of amides is 2. The Morgan fingerprint density at radius 3 is 1.76 bits per heavy atom. The molecule has 0 aromatic heterocycles. The Labute approximate surface area is 171 Å². The minimum atomic E-state index is 0.0109. The third-order valence-corrected chi connectivity index (χ3v) is 5.21. The summed E-state index contributed by atoms with van der Waals surface area (Å²) >= 11 is 0. The maximum atomic E-state index is 13.4. The Bertz CT molecular complexity index is 882. The molecule has 5 nitrogen and oxygen atoms in total. The first-order valence-corrected chi connectivity index (χ1v) is 9.84. The predicted octanol–water partition coefficient (Wildman–Crippen LogP) is 4.78. The lowest BCUT2D eigenvalue weighted by Gasteiger charge is -2.38. The van der Waals surface area contributed by atoms with E-state index in [1.165, 1.54) is 0 Å². The monoisotopic (exact) mass is 387 g/mol. The Kier molecular flexibility index (Phi) is 5.66. The number of rotatable bonds is 4. The van der Waals surface area contributed by atoms with Gasteiger partial charge < -0.3 is 14.5 Å². The van der Waals surface area contributed by atoms with Gasteiger partial charge in [-0.15, -0.1) is 0 Å². The summed E-state index contributed by atoms with van der Waals surface area (Å²) in [6.07, 6.45) is 0. The van der Waals surface area contributed by atoms with E-state index in [1.807, 2.05) is 77.7 Å². The van der Waals surface area contributed by atoms with Crippen molar-refractivity contribution in [2.24, 2.45) is 0 Å². The van der Waals surface area contributed by atoms with Crippen LogP contribution >= 0.6 is 0 Å². The van der Waals surface area contributed by atoms with Crippen molar-refractivity contribution in [1.29, 1.82) is 0 Å². The molecule has 3 aromatic rings. The molecule has 0 N–H and O–H groups in total.